The van der Waals surface area contributed by atoms with Gasteiger partial charge in [-0.3, -0.25) is 10.2 Å². The third-order valence-electron chi connectivity index (χ3n) is 4.31. The van der Waals surface area contributed by atoms with Gasteiger partial charge in [0.1, 0.15) is 11.9 Å². The van der Waals surface area contributed by atoms with Crippen LogP contribution < -0.4 is 5.43 Å². The van der Waals surface area contributed by atoms with Gasteiger partial charge in [0, 0.05) is 6.54 Å². The van der Waals surface area contributed by atoms with Crippen LogP contribution in [-0.2, 0) is 11.2 Å². The molecule has 1 aromatic carbocycles. The van der Waals surface area contributed by atoms with Gasteiger partial charge >= 0.3 is 6.18 Å². The minimum atomic E-state index is -4.42. The summed E-state index contributed by atoms with van der Waals surface area (Å²) >= 11 is 0. The van der Waals surface area contributed by atoms with E-state index in [1.54, 1.807) is 32.0 Å². The Morgan fingerprint density at radius 3 is 2.46 bits per heavy atom. The van der Waals surface area contributed by atoms with E-state index in [1.165, 1.54) is 6.07 Å². The average Bonchev–Trinajstić information content (AvgIpc) is 2.72. The fourth-order valence-corrected chi connectivity index (χ4v) is 2.86. The monoisotopic (exact) mass is 346 g/mol. The molecule has 1 aromatic rings. The Balaban J connectivity index is 1.91. The SMILES string of the molecule is CC1(C)CN([C@@H](CCCCc2ccccc2F)C(F)(F)F)NC1=O. The van der Waals surface area contributed by atoms with Crippen molar-refractivity contribution in [3.8, 4) is 0 Å². The number of carbonyl (C=O) groups excluding carboxylic acids is 1. The van der Waals surface area contributed by atoms with E-state index in [2.05, 4.69) is 5.43 Å². The standard InChI is InChI=1S/C17H22F4N2O/c1-16(2)11-23(22-15(16)24)14(17(19,20)21)10-6-4-8-12-7-3-5-9-13(12)18/h3,5,7,9,14H,4,6,8,10-11H2,1-2H3,(H,22,24)/t14-/m0/s1. The number of amides is 1. The number of aryl methyl sites for hydroxylation is 1. The first-order valence-corrected chi connectivity index (χ1v) is 7.99. The first-order chi connectivity index (χ1) is 11.1. The smallest absolute Gasteiger partial charge is 0.288 e. The molecule has 0 saturated carbocycles. The van der Waals surface area contributed by atoms with E-state index in [0.29, 0.717) is 24.8 Å². The molecule has 0 aliphatic carbocycles. The number of nitrogens with one attached hydrogen (secondary N) is 1. The van der Waals surface area contributed by atoms with Gasteiger partial charge in [0.25, 0.3) is 0 Å². The molecule has 1 aliphatic heterocycles. The van der Waals surface area contributed by atoms with Gasteiger partial charge in [-0.2, -0.15) is 13.2 Å². The molecule has 0 aromatic heterocycles. The molecule has 1 heterocycles. The second-order valence-electron chi connectivity index (χ2n) is 6.85. The number of hydrogen-bond acceptors (Lipinski definition) is 2. The molecule has 2 rings (SSSR count). The fourth-order valence-electron chi connectivity index (χ4n) is 2.86. The van der Waals surface area contributed by atoms with Crippen molar-refractivity contribution < 1.29 is 22.4 Å². The number of alkyl halides is 3. The van der Waals surface area contributed by atoms with Crippen LogP contribution in [0.25, 0.3) is 0 Å². The summed E-state index contributed by atoms with van der Waals surface area (Å²) in [6.07, 6.45) is -3.40. The van der Waals surface area contributed by atoms with E-state index in [9.17, 15) is 22.4 Å². The van der Waals surface area contributed by atoms with Crippen LogP contribution in [0.1, 0.15) is 38.7 Å². The summed E-state index contributed by atoms with van der Waals surface area (Å²) in [4.78, 5) is 11.7. The molecule has 1 atom stereocenters. The molecule has 7 heteroatoms. The molecule has 0 unspecified atom stereocenters. The van der Waals surface area contributed by atoms with Crippen molar-refractivity contribution in [2.45, 2.75) is 51.7 Å². The summed E-state index contributed by atoms with van der Waals surface area (Å²) in [5.41, 5.74) is 2.01. The van der Waals surface area contributed by atoms with Gasteiger partial charge in [0.2, 0.25) is 5.91 Å². The van der Waals surface area contributed by atoms with E-state index in [1.807, 2.05) is 0 Å². The molecular formula is C17H22F4N2O. The molecule has 0 radical (unpaired) electrons. The first-order valence-electron chi connectivity index (χ1n) is 7.99. The van der Waals surface area contributed by atoms with E-state index in [-0.39, 0.29) is 18.8 Å². The van der Waals surface area contributed by atoms with Crippen LogP contribution in [0, 0.1) is 11.2 Å². The number of hydrogen-bond donors (Lipinski definition) is 1. The molecule has 1 aliphatic rings. The number of nitrogens with zero attached hydrogens (tertiary/aromatic N) is 1. The van der Waals surface area contributed by atoms with E-state index < -0.39 is 23.5 Å². The Morgan fingerprint density at radius 1 is 1.25 bits per heavy atom. The summed E-state index contributed by atoms with van der Waals surface area (Å²) < 4.78 is 53.4. The molecule has 0 spiro atoms. The number of unbranched alkanes of at least 4 members (excludes halogenated alkanes) is 1. The summed E-state index contributed by atoms with van der Waals surface area (Å²) in [5.74, 6) is -0.735. The van der Waals surface area contributed by atoms with E-state index in [0.717, 1.165) is 5.01 Å². The molecule has 1 N–H and O–H groups in total. The molecule has 1 fully saturated rings. The maximum atomic E-state index is 13.5. The molecule has 0 bridgehead atoms. The van der Waals surface area contributed by atoms with Crippen LogP contribution in [0.5, 0.6) is 0 Å². The highest BCUT2D eigenvalue weighted by Gasteiger charge is 2.49. The van der Waals surface area contributed by atoms with Crippen molar-refractivity contribution >= 4 is 5.91 Å². The predicted molar refractivity (Wildman–Crippen MR) is 82.4 cm³/mol. The number of carbonyl (C=O) groups is 1. The zero-order chi connectivity index (χ0) is 18.0. The lowest BCUT2D eigenvalue weighted by molar-refractivity contribution is -0.190. The van der Waals surface area contributed by atoms with Crippen LogP contribution in [0.2, 0.25) is 0 Å². The van der Waals surface area contributed by atoms with E-state index >= 15 is 0 Å². The lowest BCUT2D eigenvalue weighted by Gasteiger charge is -2.29. The summed E-state index contributed by atoms with van der Waals surface area (Å²) in [6, 6.07) is 4.55. The number of halogens is 4. The topological polar surface area (TPSA) is 32.3 Å². The van der Waals surface area contributed by atoms with Crippen molar-refractivity contribution in [1.82, 2.24) is 10.4 Å². The highest BCUT2D eigenvalue weighted by Crippen LogP contribution is 2.33. The summed E-state index contributed by atoms with van der Waals surface area (Å²) in [5, 5.41) is 0.992. The largest absolute Gasteiger partial charge is 0.405 e. The van der Waals surface area contributed by atoms with Crippen molar-refractivity contribution in [3.05, 3.63) is 35.6 Å². The van der Waals surface area contributed by atoms with Crippen LogP contribution in [-0.4, -0.2) is 29.7 Å². The Labute approximate surface area is 139 Å². The summed E-state index contributed by atoms with van der Waals surface area (Å²) in [6.45, 7) is 3.26. The van der Waals surface area contributed by atoms with Gasteiger partial charge in [-0.15, -0.1) is 0 Å². The Bertz CT molecular complexity index is 586. The average molecular weight is 346 g/mol. The summed E-state index contributed by atoms with van der Waals surface area (Å²) in [7, 11) is 0. The second-order valence-corrected chi connectivity index (χ2v) is 6.85. The van der Waals surface area contributed by atoms with Gasteiger partial charge in [0.15, 0.2) is 0 Å². The van der Waals surface area contributed by atoms with Gasteiger partial charge in [0.05, 0.1) is 5.41 Å². The maximum Gasteiger partial charge on any atom is 0.405 e. The quantitative estimate of drug-likeness (QED) is 0.627. The predicted octanol–water partition coefficient (Wildman–Crippen LogP) is 3.84. The number of benzene rings is 1. The lowest BCUT2D eigenvalue weighted by Crippen LogP contribution is -2.49. The van der Waals surface area contributed by atoms with Crippen molar-refractivity contribution in [2.75, 3.05) is 6.54 Å². The molecule has 3 nitrogen and oxygen atoms in total. The molecule has 1 amide bonds. The van der Waals surface area contributed by atoms with E-state index in [4.69, 9.17) is 0 Å². The fraction of sp³-hybridized carbons (Fsp3) is 0.588. The second kappa shape index (κ2) is 7.09. The van der Waals surface area contributed by atoms with Gasteiger partial charge < -0.3 is 0 Å². The zero-order valence-electron chi connectivity index (χ0n) is 13.8. The lowest BCUT2D eigenvalue weighted by atomic mass is 9.94. The zero-order valence-corrected chi connectivity index (χ0v) is 13.8. The third-order valence-corrected chi connectivity index (χ3v) is 4.31. The molecular weight excluding hydrogens is 324 g/mol. The van der Waals surface area contributed by atoms with Gasteiger partial charge in [-0.25, -0.2) is 9.40 Å². The number of hydrazine groups is 1. The molecule has 24 heavy (non-hydrogen) atoms. The van der Waals surface area contributed by atoms with Crippen LogP contribution in [0.4, 0.5) is 17.6 Å². The highest BCUT2D eigenvalue weighted by molar-refractivity contribution is 5.83. The minimum Gasteiger partial charge on any atom is -0.288 e. The molecule has 134 valence electrons. The van der Waals surface area contributed by atoms with Crippen LogP contribution >= 0.6 is 0 Å². The first kappa shape index (κ1) is 18.7. The van der Waals surface area contributed by atoms with Gasteiger partial charge in [-0.1, -0.05) is 24.6 Å². The Morgan fingerprint density at radius 2 is 1.92 bits per heavy atom. The van der Waals surface area contributed by atoms with Crippen molar-refractivity contribution in [3.63, 3.8) is 0 Å². The maximum absolute atomic E-state index is 13.5. The highest BCUT2D eigenvalue weighted by atomic mass is 19.4. The van der Waals surface area contributed by atoms with Crippen molar-refractivity contribution in [1.29, 1.82) is 0 Å². The molecule has 1 saturated heterocycles. The van der Waals surface area contributed by atoms with Crippen LogP contribution in [0.3, 0.4) is 0 Å². The normalized spacial score (nSPS) is 19.3. The minimum absolute atomic E-state index is 0.0172. The van der Waals surface area contributed by atoms with Crippen molar-refractivity contribution in [2.24, 2.45) is 5.41 Å². The Kier molecular flexibility index (Phi) is 5.52. The Hall–Kier alpha value is -1.63. The third kappa shape index (κ3) is 4.47. The van der Waals surface area contributed by atoms with Gasteiger partial charge in [-0.05, 0) is 44.7 Å². The number of rotatable bonds is 6. The van der Waals surface area contributed by atoms with Crippen LogP contribution in [0.15, 0.2) is 24.3 Å².